The summed E-state index contributed by atoms with van der Waals surface area (Å²) in [4.78, 5) is 17.4. The zero-order chi connectivity index (χ0) is 19.4. The van der Waals surface area contributed by atoms with E-state index in [0.717, 1.165) is 43.9 Å². The van der Waals surface area contributed by atoms with E-state index in [1.807, 2.05) is 37.3 Å². The SMILES string of the molecule is Cc1cccc(C(=O)Nc2ccc(N3CCN(C)CC3)c(CC(C)C)c2)c1. The van der Waals surface area contributed by atoms with E-state index in [9.17, 15) is 4.79 Å². The van der Waals surface area contributed by atoms with Gasteiger partial charge in [0.1, 0.15) is 0 Å². The lowest BCUT2D eigenvalue weighted by atomic mass is 9.99. The van der Waals surface area contributed by atoms with Crippen molar-refractivity contribution in [1.82, 2.24) is 4.90 Å². The number of carbonyl (C=O) groups is 1. The van der Waals surface area contributed by atoms with Gasteiger partial charge < -0.3 is 15.1 Å². The summed E-state index contributed by atoms with van der Waals surface area (Å²) in [5, 5.41) is 3.07. The first-order valence-electron chi connectivity index (χ1n) is 9.87. The number of nitrogens with one attached hydrogen (secondary N) is 1. The minimum atomic E-state index is -0.0541. The Morgan fingerprint density at radius 1 is 1.07 bits per heavy atom. The molecule has 1 N–H and O–H groups in total. The molecular formula is C23H31N3O. The monoisotopic (exact) mass is 365 g/mol. The topological polar surface area (TPSA) is 35.6 Å². The fraction of sp³-hybridized carbons (Fsp3) is 0.435. The normalized spacial score (nSPS) is 15.2. The maximum atomic E-state index is 12.6. The van der Waals surface area contributed by atoms with Crippen LogP contribution in [0.1, 0.15) is 35.3 Å². The van der Waals surface area contributed by atoms with Crippen LogP contribution < -0.4 is 10.2 Å². The number of rotatable bonds is 5. The molecule has 1 amide bonds. The van der Waals surface area contributed by atoms with Gasteiger partial charge in [0, 0.05) is 43.1 Å². The molecule has 0 radical (unpaired) electrons. The fourth-order valence-corrected chi connectivity index (χ4v) is 3.61. The lowest BCUT2D eigenvalue weighted by molar-refractivity contribution is 0.102. The summed E-state index contributed by atoms with van der Waals surface area (Å²) >= 11 is 0. The van der Waals surface area contributed by atoms with E-state index >= 15 is 0 Å². The zero-order valence-electron chi connectivity index (χ0n) is 17.0. The highest BCUT2D eigenvalue weighted by Crippen LogP contribution is 2.28. The number of piperazine rings is 1. The highest BCUT2D eigenvalue weighted by atomic mass is 16.1. The first-order valence-corrected chi connectivity index (χ1v) is 9.87. The molecule has 144 valence electrons. The van der Waals surface area contributed by atoms with Crippen LogP contribution in [-0.4, -0.2) is 44.0 Å². The van der Waals surface area contributed by atoms with Gasteiger partial charge in [-0.1, -0.05) is 31.5 Å². The molecule has 1 fully saturated rings. The van der Waals surface area contributed by atoms with Crippen LogP contribution in [0, 0.1) is 12.8 Å². The number of anilines is 2. The van der Waals surface area contributed by atoms with E-state index < -0.39 is 0 Å². The molecule has 27 heavy (non-hydrogen) atoms. The average Bonchev–Trinajstić information content (AvgIpc) is 2.62. The van der Waals surface area contributed by atoms with E-state index in [0.29, 0.717) is 11.5 Å². The lowest BCUT2D eigenvalue weighted by Crippen LogP contribution is -2.44. The summed E-state index contributed by atoms with van der Waals surface area (Å²) in [5.74, 6) is 0.514. The third kappa shape index (κ3) is 5.10. The standard InChI is InChI=1S/C23H31N3O/c1-17(2)14-20-16-21(24-23(27)19-7-5-6-18(3)15-19)8-9-22(20)26-12-10-25(4)11-13-26/h5-9,15-17H,10-14H2,1-4H3,(H,24,27). The van der Waals surface area contributed by atoms with Crippen molar-refractivity contribution < 1.29 is 4.79 Å². The molecule has 1 aliphatic rings. The molecule has 3 rings (SSSR count). The molecule has 4 heteroatoms. The number of amides is 1. The summed E-state index contributed by atoms with van der Waals surface area (Å²) in [6.45, 7) is 10.8. The van der Waals surface area contributed by atoms with E-state index in [2.05, 4.69) is 48.1 Å². The maximum absolute atomic E-state index is 12.6. The Kier molecular flexibility index (Phi) is 6.17. The first kappa shape index (κ1) is 19.4. The lowest BCUT2D eigenvalue weighted by Gasteiger charge is -2.35. The Hall–Kier alpha value is -2.33. The molecule has 0 saturated carbocycles. The smallest absolute Gasteiger partial charge is 0.255 e. The van der Waals surface area contributed by atoms with Crippen LogP contribution in [-0.2, 0) is 6.42 Å². The second-order valence-electron chi connectivity index (χ2n) is 8.06. The van der Waals surface area contributed by atoms with Crippen molar-refractivity contribution in [1.29, 1.82) is 0 Å². The highest BCUT2D eigenvalue weighted by Gasteiger charge is 2.18. The molecule has 1 aliphatic heterocycles. The van der Waals surface area contributed by atoms with Crippen LogP contribution >= 0.6 is 0 Å². The van der Waals surface area contributed by atoms with Crippen molar-refractivity contribution in [2.24, 2.45) is 5.92 Å². The van der Waals surface area contributed by atoms with Crippen LogP contribution in [0.2, 0.25) is 0 Å². The molecule has 2 aromatic carbocycles. The van der Waals surface area contributed by atoms with Crippen LogP contribution in [0.15, 0.2) is 42.5 Å². The Morgan fingerprint density at radius 2 is 1.81 bits per heavy atom. The van der Waals surface area contributed by atoms with Crippen LogP contribution in [0.25, 0.3) is 0 Å². The van der Waals surface area contributed by atoms with E-state index in [4.69, 9.17) is 0 Å². The van der Waals surface area contributed by atoms with Gasteiger partial charge in [-0.15, -0.1) is 0 Å². The van der Waals surface area contributed by atoms with E-state index in [1.54, 1.807) is 0 Å². The molecular weight excluding hydrogens is 334 g/mol. The second-order valence-corrected chi connectivity index (χ2v) is 8.06. The molecule has 0 aromatic heterocycles. The summed E-state index contributed by atoms with van der Waals surface area (Å²) in [7, 11) is 2.18. The predicted molar refractivity (Wildman–Crippen MR) is 114 cm³/mol. The predicted octanol–water partition coefficient (Wildman–Crippen LogP) is 4.20. The van der Waals surface area contributed by atoms with Crippen molar-refractivity contribution >= 4 is 17.3 Å². The molecule has 4 nitrogen and oxygen atoms in total. The molecule has 1 heterocycles. The van der Waals surface area contributed by atoms with Crippen molar-refractivity contribution in [2.75, 3.05) is 43.4 Å². The Bertz CT molecular complexity index is 792. The third-order valence-corrected chi connectivity index (χ3v) is 5.09. The summed E-state index contributed by atoms with van der Waals surface area (Å²) in [6.07, 6.45) is 1.01. The number of hydrogen-bond donors (Lipinski definition) is 1. The molecule has 2 aromatic rings. The quantitative estimate of drug-likeness (QED) is 0.863. The number of benzene rings is 2. The van der Waals surface area contributed by atoms with Gasteiger partial charge in [0.15, 0.2) is 0 Å². The van der Waals surface area contributed by atoms with E-state index in [-0.39, 0.29) is 5.91 Å². The molecule has 1 saturated heterocycles. The van der Waals surface area contributed by atoms with Gasteiger partial charge in [-0.2, -0.15) is 0 Å². The number of carbonyl (C=O) groups excluding carboxylic acids is 1. The largest absolute Gasteiger partial charge is 0.369 e. The van der Waals surface area contributed by atoms with Crippen LogP contribution in [0.3, 0.4) is 0 Å². The van der Waals surface area contributed by atoms with Gasteiger partial charge in [0.2, 0.25) is 0 Å². The summed E-state index contributed by atoms with van der Waals surface area (Å²) in [6, 6.07) is 14.1. The first-order chi connectivity index (χ1) is 12.9. The van der Waals surface area contributed by atoms with Crippen molar-refractivity contribution in [3.8, 4) is 0 Å². The Balaban J connectivity index is 1.81. The number of aryl methyl sites for hydroxylation is 1. The zero-order valence-corrected chi connectivity index (χ0v) is 17.0. The number of hydrogen-bond acceptors (Lipinski definition) is 3. The third-order valence-electron chi connectivity index (χ3n) is 5.09. The van der Waals surface area contributed by atoms with Crippen molar-refractivity contribution in [3.63, 3.8) is 0 Å². The Labute approximate surface area is 163 Å². The van der Waals surface area contributed by atoms with Gasteiger partial charge in [-0.3, -0.25) is 4.79 Å². The Morgan fingerprint density at radius 3 is 2.48 bits per heavy atom. The molecule has 0 bridgehead atoms. The van der Waals surface area contributed by atoms with Crippen LogP contribution in [0.4, 0.5) is 11.4 Å². The number of likely N-dealkylation sites (N-methyl/N-ethyl adjacent to an activating group) is 1. The van der Waals surface area contributed by atoms with Gasteiger partial charge in [0.05, 0.1) is 0 Å². The molecule has 0 spiro atoms. The van der Waals surface area contributed by atoms with Gasteiger partial charge in [-0.25, -0.2) is 0 Å². The fourth-order valence-electron chi connectivity index (χ4n) is 3.61. The van der Waals surface area contributed by atoms with Crippen molar-refractivity contribution in [2.45, 2.75) is 27.2 Å². The van der Waals surface area contributed by atoms with Gasteiger partial charge >= 0.3 is 0 Å². The summed E-state index contributed by atoms with van der Waals surface area (Å²) < 4.78 is 0. The molecule has 0 aliphatic carbocycles. The maximum Gasteiger partial charge on any atom is 0.255 e. The number of nitrogens with zero attached hydrogens (tertiary/aromatic N) is 2. The minimum absolute atomic E-state index is 0.0541. The minimum Gasteiger partial charge on any atom is -0.369 e. The average molecular weight is 366 g/mol. The summed E-state index contributed by atoms with van der Waals surface area (Å²) in [5.41, 5.74) is 5.29. The van der Waals surface area contributed by atoms with Gasteiger partial charge in [0.25, 0.3) is 5.91 Å². The van der Waals surface area contributed by atoms with Crippen molar-refractivity contribution in [3.05, 3.63) is 59.2 Å². The van der Waals surface area contributed by atoms with Crippen LogP contribution in [0.5, 0.6) is 0 Å². The highest BCUT2D eigenvalue weighted by molar-refractivity contribution is 6.04. The second kappa shape index (κ2) is 8.57. The molecule has 0 unspecified atom stereocenters. The van der Waals surface area contributed by atoms with Gasteiger partial charge in [-0.05, 0) is 62.2 Å². The molecule has 0 atom stereocenters. The van der Waals surface area contributed by atoms with E-state index in [1.165, 1.54) is 11.3 Å².